The fourth-order valence-electron chi connectivity index (χ4n) is 6.80. The zero-order valence-electron chi connectivity index (χ0n) is 26.6. The van der Waals surface area contributed by atoms with Gasteiger partial charge in [0, 0.05) is 33.5 Å². The molecule has 0 amide bonds. The van der Waals surface area contributed by atoms with Gasteiger partial charge in [0.05, 0.1) is 15.8 Å². The largest absolute Gasteiger partial charge is 0.456 e. The molecule has 0 aliphatic heterocycles. The summed E-state index contributed by atoms with van der Waals surface area (Å²) in [7, 11) is 0. The number of fused-ring (bicyclic) bond motifs is 5. The molecule has 0 unspecified atom stereocenters. The molecule has 0 fully saturated rings. The molecule has 3 aromatic heterocycles. The molecule has 10 rings (SSSR count). The van der Waals surface area contributed by atoms with Crippen LogP contribution in [-0.2, 0) is 0 Å². The molecule has 0 atom stereocenters. The van der Waals surface area contributed by atoms with E-state index in [1.807, 2.05) is 72.8 Å². The Hall–Kier alpha value is -6.50. The summed E-state index contributed by atoms with van der Waals surface area (Å²) < 4.78 is 7.45. The summed E-state index contributed by atoms with van der Waals surface area (Å²) in [5.74, 6) is 1.79. The predicted molar refractivity (Wildman–Crippen MR) is 205 cm³/mol. The molecule has 0 radical (unpaired) electrons. The number of thiazole rings is 1. The molecule has 10 aromatic rings. The molecule has 7 aromatic carbocycles. The van der Waals surface area contributed by atoms with Crippen molar-refractivity contribution in [3.8, 4) is 55.9 Å². The van der Waals surface area contributed by atoms with Crippen LogP contribution in [0, 0.1) is 0 Å². The Labute approximate surface area is 291 Å². The highest BCUT2D eigenvalue weighted by molar-refractivity contribution is 7.22. The third-order valence-electron chi connectivity index (χ3n) is 9.18. The second kappa shape index (κ2) is 11.6. The second-order valence-electron chi connectivity index (χ2n) is 12.2. The van der Waals surface area contributed by atoms with E-state index in [-0.39, 0.29) is 0 Å². The van der Waals surface area contributed by atoms with Crippen molar-refractivity contribution in [3.05, 3.63) is 158 Å². The first-order chi connectivity index (χ1) is 24.8. The van der Waals surface area contributed by atoms with Gasteiger partial charge >= 0.3 is 0 Å². The molecule has 0 saturated heterocycles. The second-order valence-corrected chi connectivity index (χ2v) is 13.2. The molecule has 0 aliphatic carbocycles. The Bertz CT molecular complexity index is 2860. The normalized spacial score (nSPS) is 11.6. The van der Waals surface area contributed by atoms with Crippen molar-refractivity contribution in [1.82, 2.24) is 19.9 Å². The van der Waals surface area contributed by atoms with Crippen LogP contribution in [0.25, 0.3) is 98.8 Å². The summed E-state index contributed by atoms with van der Waals surface area (Å²) in [6.07, 6.45) is 0. The van der Waals surface area contributed by atoms with E-state index in [1.165, 1.54) is 16.3 Å². The molecular weight excluding hydrogens is 633 g/mol. The first-order valence-corrected chi connectivity index (χ1v) is 17.3. The molecule has 6 heteroatoms. The lowest BCUT2D eigenvalue weighted by atomic mass is 9.97. The zero-order valence-corrected chi connectivity index (χ0v) is 27.4. The van der Waals surface area contributed by atoms with Crippen molar-refractivity contribution in [2.24, 2.45) is 0 Å². The van der Waals surface area contributed by atoms with E-state index in [2.05, 4.69) is 84.9 Å². The maximum Gasteiger partial charge on any atom is 0.166 e. The van der Waals surface area contributed by atoms with Gasteiger partial charge in [0.25, 0.3) is 0 Å². The van der Waals surface area contributed by atoms with Crippen LogP contribution < -0.4 is 0 Å². The number of rotatable bonds is 5. The Morgan fingerprint density at radius 3 is 1.82 bits per heavy atom. The van der Waals surface area contributed by atoms with Crippen molar-refractivity contribution in [1.29, 1.82) is 0 Å². The number of benzene rings is 7. The molecule has 0 bridgehead atoms. The lowest BCUT2D eigenvalue weighted by molar-refractivity contribution is 0.669. The quantitative estimate of drug-likeness (QED) is 0.184. The van der Waals surface area contributed by atoms with Crippen molar-refractivity contribution < 1.29 is 4.42 Å². The number of aromatic nitrogens is 4. The monoisotopic (exact) mass is 658 g/mol. The van der Waals surface area contributed by atoms with E-state index in [9.17, 15) is 0 Å². The third kappa shape index (κ3) is 4.77. The molecule has 3 heterocycles. The van der Waals surface area contributed by atoms with E-state index >= 15 is 0 Å². The number of hydrogen-bond acceptors (Lipinski definition) is 6. The van der Waals surface area contributed by atoms with E-state index in [1.54, 1.807) is 11.3 Å². The highest BCUT2D eigenvalue weighted by atomic mass is 32.1. The summed E-state index contributed by atoms with van der Waals surface area (Å²) in [6, 6.07) is 54.0. The van der Waals surface area contributed by atoms with Gasteiger partial charge in [-0.15, -0.1) is 11.3 Å². The Kier molecular flexibility index (Phi) is 6.60. The average Bonchev–Trinajstić information content (AvgIpc) is 3.79. The van der Waals surface area contributed by atoms with Gasteiger partial charge in [0.2, 0.25) is 0 Å². The standard InChI is InChI=1S/C44H26N4OS/c1-3-13-29(14-4-1)41-46-42(30-24-22-28(23-25-30)33-20-11-17-27-12-7-8-18-32(27)33)48-43(47-41)39-38-34-19-9-10-21-36(34)49-37(38)26-35-40(39)50-44(45-35)31-15-5-2-6-16-31/h1-26H. The Balaban J connectivity index is 1.21. The molecule has 0 spiro atoms. The van der Waals surface area contributed by atoms with Gasteiger partial charge in [-0.25, -0.2) is 19.9 Å². The lowest BCUT2D eigenvalue weighted by Crippen LogP contribution is -2.00. The summed E-state index contributed by atoms with van der Waals surface area (Å²) >= 11 is 1.65. The van der Waals surface area contributed by atoms with Gasteiger partial charge < -0.3 is 4.42 Å². The third-order valence-corrected chi connectivity index (χ3v) is 10.3. The highest BCUT2D eigenvalue weighted by Crippen LogP contribution is 2.45. The topological polar surface area (TPSA) is 64.7 Å². The lowest BCUT2D eigenvalue weighted by Gasteiger charge is -2.11. The summed E-state index contributed by atoms with van der Waals surface area (Å²) in [6.45, 7) is 0. The minimum Gasteiger partial charge on any atom is -0.456 e. The molecule has 0 aliphatic rings. The molecule has 50 heavy (non-hydrogen) atoms. The minimum atomic E-state index is 0.581. The first-order valence-electron chi connectivity index (χ1n) is 16.5. The number of hydrogen-bond donors (Lipinski definition) is 0. The predicted octanol–water partition coefficient (Wildman–Crippen LogP) is 11.9. The number of nitrogens with zero attached hydrogens (tertiary/aromatic N) is 4. The minimum absolute atomic E-state index is 0.581. The van der Waals surface area contributed by atoms with Crippen LogP contribution in [0.5, 0.6) is 0 Å². The fraction of sp³-hybridized carbons (Fsp3) is 0. The van der Waals surface area contributed by atoms with Crippen LogP contribution in [0.1, 0.15) is 0 Å². The number of furan rings is 1. The fourth-order valence-corrected chi connectivity index (χ4v) is 7.89. The molecule has 234 valence electrons. The van der Waals surface area contributed by atoms with Gasteiger partial charge in [-0.1, -0.05) is 146 Å². The molecule has 0 saturated carbocycles. The Morgan fingerprint density at radius 1 is 0.440 bits per heavy atom. The van der Waals surface area contributed by atoms with Gasteiger partial charge in [-0.05, 0) is 28.0 Å². The molecule has 0 N–H and O–H groups in total. The SMILES string of the molecule is c1ccc(-c2nc(-c3ccc(-c4cccc5ccccc45)cc3)nc(-c3c4sc(-c5ccccc5)nc4cc4oc5ccccc5c34)n2)cc1. The van der Waals surface area contributed by atoms with Crippen LogP contribution in [0.15, 0.2) is 162 Å². The van der Waals surface area contributed by atoms with E-state index in [0.717, 1.165) is 65.0 Å². The van der Waals surface area contributed by atoms with E-state index in [0.29, 0.717) is 17.5 Å². The Morgan fingerprint density at radius 2 is 1.04 bits per heavy atom. The van der Waals surface area contributed by atoms with E-state index in [4.69, 9.17) is 24.4 Å². The maximum atomic E-state index is 6.45. The summed E-state index contributed by atoms with van der Waals surface area (Å²) in [5.41, 5.74) is 8.52. The van der Waals surface area contributed by atoms with Crippen molar-refractivity contribution in [3.63, 3.8) is 0 Å². The van der Waals surface area contributed by atoms with Gasteiger partial charge in [0.15, 0.2) is 17.5 Å². The van der Waals surface area contributed by atoms with Crippen LogP contribution in [0.2, 0.25) is 0 Å². The molecule has 5 nitrogen and oxygen atoms in total. The van der Waals surface area contributed by atoms with Crippen LogP contribution in [-0.4, -0.2) is 19.9 Å². The van der Waals surface area contributed by atoms with Crippen LogP contribution in [0.4, 0.5) is 0 Å². The van der Waals surface area contributed by atoms with Crippen LogP contribution in [0.3, 0.4) is 0 Å². The van der Waals surface area contributed by atoms with Crippen molar-refractivity contribution in [2.75, 3.05) is 0 Å². The summed E-state index contributed by atoms with van der Waals surface area (Å²) in [5, 5.41) is 5.35. The maximum absolute atomic E-state index is 6.45. The average molecular weight is 659 g/mol. The smallest absolute Gasteiger partial charge is 0.166 e. The van der Waals surface area contributed by atoms with Gasteiger partial charge in [-0.2, -0.15) is 0 Å². The number of para-hydroxylation sites is 1. The van der Waals surface area contributed by atoms with Crippen LogP contribution >= 0.6 is 11.3 Å². The molecular formula is C44H26N4OS. The van der Waals surface area contributed by atoms with Gasteiger partial charge in [-0.3, -0.25) is 0 Å². The first kappa shape index (κ1) is 28.5. The summed E-state index contributed by atoms with van der Waals surface area (Å²) in [4.78, 5) is 20.6. The van der Waals surface area contributed by atoms with Gasteiger partial charge in [0.1, 0.15) is 16.2 Å². The van der Waals surface area contributed by atoms with Crippen molar-refractivity contribution >= 4 is 54.3 Å². The van der Waals surface area contributed by atoms with Crippen molar-refractivity contribution in [2.45, 2.75) is 0 Å². The zero-order chi connectivity index (χ0) is 33.0. The highest BCUT2D eigenvalue weighted by Gasteiger charge is 2.23. The van der Waals surface area contributed by atoms with E-state index < -0.39 is 0 Å².